The van der Waals surface area contributed by atoms with Gasteiger partial charge in [0.25, 0.3) is 5.69 Å². The number of nitrogens with one attached hydrogen (secondary N) is 1. The number of nitrogens with zero attached hydrogens (tertiary/aromatic N) is 2. The zero-order chi connectivity index (χ0) is 16.8. The average molecular weight is 334 g/mol. The molecule has 0 saturated heterocycles. The molecule has 0 radical (unpaired) electrons. The number of non-ortho nitro benzene ring substituents is 1. The van der Waals surface area contributed by atoms with Crippen molar-refractivity contribution >= 4 is 17.3 Å². The molecule has 0 aliphatic carbocycles. The summed E-state index contributed by atoms with van der Waals surface area (Å²) in [6.07, 6.45) is 0. The normalized spacial score (nSPS) is 12.3. The summed E-state index contributed by atoms with van der Waals surface area (Å²) in [5.41, 5.74) is 1.94. The van der Waals surface area contributed by atoms with Crippen LogP contribution in [-0.4, -0.2) is 30.5 Å². The Morgan fingerprint density at radius 3 is 2.52 bits per heavy atom. The number of nitro benzene ring substituents is 1. The maximum absolute atomic E-state index is 10.9. The lowest BCUT2D eigenvalue weighted by Gasteiger charge is -2.23. The molecule has 0 bridgehead atoms. The van der Waals surface area contributed by atoms with Crippen molar-refractivity contribution < 1.29 is 4.92 Å². The summed E-state index contributed by atoms with van der Waals surface area (Å²) >= 11 is 6.16. The van der Waals surface area contributed by atoms with Gasteiger partial charge in [-0.05, 0) is 31.3 Å². The van der Waals surface area contributed by atoms with Crippen LogP contribution < -0.4 is 5.32 Å². The Bertz CT molecular complexity index is 662. The lowest BCUT2D eigenvalue weighted by molar-refractivity contribution is -0.384. The summed E-state index contributed by atoms with van der Waals surface area (Å²) < 4.78 is 0. The highest BCUT2D eigenvalue weighted by molar-refractivity contribution is 6.31. The summed E-state index contributed by atoms with van der Waals surface area (Å²) in [4.78, 5) is 12.6. The van der Waals surface area contributed by atoms with Gasteiger partial charge in [0.1, 0.15) is 0 Å². The number of likely N-dealkylation sites (N-methyl/N-ethyl adjacent to an activating group) is 1. The molecule has 0 spiro atoms. The van der Waals surface area contributed by atoms with E-state index in [9.17, 15) is 10.1 Å². The van der Waals surface area contributed by atoms with E-state index in [1.54, 1.807) is 6.07 Å². The van der Waals surface area contributed by atoms with Gasteiger partial charge >= 0.3 is 0 Å². The van der Waals surface area contributed by atoms with Crippen LogP contribution in [0.15, 0.2) is 48.5 Å². The Morgan fingerprint density at radius 1 is 1.22 bits per heavy atom. The van der Waals surface area contributed by atoms with Crippen molar-refractivity contribution in [2.45, 2.75) is 12.6 Å². The van der Waals surface area contributed by atoms with E-state index in [1.807, 2.05) is 32.3 Å². The first-order valence-corrected chi connectivity index (χ1v) is 7.71. The van der Waals surface area contributed by atoms with Crippen LogP contribution in [0.4, 0.5) is 5.69 Å². The van der Waals surface area contributed by atoms with Crippen LogP contribution in [-0.2, 0) is 6.54 Å². The summed E-state index contributed by atoms with van der Waals surface area (Å²) in [5.74, 6) is 0. The van der Waals surface area contributed by atoms with Gasteiger partial charge in [-0.2, -0.15) is 0 Å². The van der Waals surface area contributed by atoms with Crippen LogP contribution in [0.5, 0.6) is 0 Å². The van der Waals surface area contributed by atoms with Gasteiger partial charge in [-0.25, -0.2) is 0 Å². The molecule has 0 aliphatic rings. The fourth-order valence-corrected chi connectivity index (χ4v) is 2.57. The van der Waals surface area contributed by atoms with Crippen molar-refractivity contribution in [2.24, 2.45) is 0 Å². The zero-order valence-corrected chi connectivity index (χ0v) is 14.0. The Labute approximate surface area is 141 Å². The first kappa shape index (κ1) is 17.4. The quantitative estimate of drug-likeness (QED) is 0.621. The minimum Gasteiger partial charge on any atom is -0.308 e. The van der Waals surface area contributed by atoms with Crippen LogP contribution in [0.1, 0.15) is 17.2 Å². The molecule has 0 fully saturated rings. The van der Waals surface area contributed by atoms with Crippen molar-refractivity contribution in [3.63, 3.8) is 0 Å². The van der Waals surface area contributed by atoms with E-state index < -0.39 is 4.92 Å². The van der Waals surface area contributed by atoms with E-state index >= 15 is 0 Å². The van der Waals surface area contributed by atoms with Gasteiger partial charge in [0.15, 0.2) is 0 Å². The minimum atomic E-state index is -0.408. The molecule has 0 saturated carbocycles. The van der Waals surface area contributed by atoms with Crippen molar-refractivity contribution in [3.05, 3.63) is 74.8 Å². The number of rotatable bonds is 7. The lowest BCUT2D eigenvalue weighted by atomic mass is 10.1. The molecular weight excluding hydrogens is 314 g/mol. The third-order valence-corrected chi connectivity index (χ3v) is 3.90. The summed E-state index contributed by atoms with van der Waals surface area (Å²) in [7, 11) is 4.02. The molecule has 2 rings (SSSR count). The largest absolute Gasteiger partial charge is 0.308 e. The van der Waals surface area contributed by atoms with E-state index in [-0.39, 0.29) is 11.7 Å². The average Bonchev–Trinajstić information content (AvgIpc) is 2.53. The standard InChI is InChI=1S/C17H20ClN3O2/c1-20(2)12-17(13-6-4-3-5-7-13)19-11-14-10-15(21(22)23)8-9-16(14)18/h3-10,17,19H,11-12H2,1-2H3. The van der Waals surface area contributed by atoms with Crippen LogP contribution in [0.3, 0.4) is 0 Å². The number of hydrogen-bond acceptors (Lipinski definition) is 4. The molecule has 23 heavy (non-hydrogen) atoms. The predicted octanol–water partition coefficient (Wildman–Crippen LogP) is 3.64. The monoisotopic (exact) mass is 333 g/mol. The van der Waals surface area contributed by atoms with Crippen molar-refractivity contribution in [1.29, 1.82) is 0 Å². The van der Waals surface area contributed by atoms with Crippen LogP contribution in [0, 0.1) is 10.1 Å². The molecule has 1 N–H and O–H groups in total. The Hall–Kier alpha value is -1.95. The van der Waals surface area contributed by atoms with E-state index in [4.69, 9.17) is 11.6 Å². The molecule has 2 aromatic carbocycles. The van der Waals surface area contributed by atoms with Crippen LogP contribution in [0.25, 0.3) is 0 Å². The minimum absolute atomic E-state index is 0.0510. The highest BCUT2D eigenvalue weighted by atomic mass is 35.5. The zero-order valence-electron chi connectivity index (χ0n) is 13.2. The number of halogens is 1. The maximum Gasteiger partial charge on any atom is 0.269 e. The summed E-state index contributed by atoms with van der Waals surface area (Å²) in [6, 6.07) is 14.7. The van der Waals surface area contributed by atoms with Gasteiger partial charge in [-0.15, -0.1) is 0 Å². The highest BCUT2D eigenvalue weighted by Gasteiger charge is 2.14. The van der Waals surface area contributed by atoms with Gasteiger partial charge in [0, 0.05) is 36.3 Å². The molecule has 2 aromatic rings. The Balaban J connectivity index is 2.15. The second-order valence-corrected chi connectivity index (χ2v) is 6.05. The SMILES string of the molecule is CN(C)CC(NCc1cc([N+](=O)[O-])ccc1Cl)c1ccccc1. The molecule has 0 aliphatic heterocycles. The first-order chi connectivity index (χ1) is 11.0. The van der Waals surface area contributed by atoms with Gasteiger partial charge in [-0.1, -0.05) is 41.9 Å². The van der Waals surface area contributed by atoms with E-state index in [1.165, 1.54) is 17.7 Å². The highest BCUT2D eigenvalue weighted by Crippen LogP contribution is 2.23. The molecule has 6 heteroatoms. The van der Waals surface area contributed by atoms with Gasteiger partial charge in [-0.3, -0.25) is 10.1 Å². The topological polar surface area (TPSA) is 58.4 Å². The second kappa shape index (κ2) is 8.06. The molecular formula is C17H20ClN3O2. The van der Waals surface area contributed by atoms with Crippen LogP contribution >= 0.6 is 11.6 Å². The lowest BCUT2D eigenvalue weighted by Crippen LogP contribution is -2.31. The second-order valence-electron chi connectivity index (χ2n) is 5.64. The maximum atomic E-state index is 10.9. The molecule has 0 aromatic heterocycles. The predicted molar refractivity (Wildman–Crippen MR) is 92.7 cm³/mol. The summed E-state index contributed by atoms with van der Waals surface area (Å²) in [5, 5.41) is 14.9. The Morgan fingerprint density at radius 2 is 1.91 bits per heavy atom. The number of nitro groups is 1. The Kier molecular flexibility index (Phi) is 6.10. The van der Waals surface area contributed by atoms with Crippen molar-refractivity contribution in [2.75, 3.05) is 20.6 Å². The van der Waals surface area contributed by atoms with Gasteiger partial charge in [0.2, 0.25) is 0 Å². The fourth-order valence-electron chi connectivity index (χ4n) is 2.38. The van der Waals surface area contributed by atoms with E-state index in [2.05, 4.69) is 22.3 Å². The van der Waals surface area contributed by atoms with Crippen molar-refractivity contribution in [3.8, 4) is 0 Å². The molecule has 1 atom stereocenters. The smallest absolute Gasteiger partial charge is 0.269 e. The molecule has 0 heterocycles. The molecule has 122 valence electrons. The first-order valence-electron chi connectivity index (χ1n) is 7.33. The van der Waals surface area contributed by atoms with Crippen LogP contribution in [0.2, 0.25) is 5.02 Å². The van der Waals surface area contributed by atoms with Gasteiger partial charge in [0.05, 0.1) is 4.92 Å². The van der Waals surface area contributed by atoms with E-state index in [0.717, 1.165) is 12.1 Å². The van der Waals surface area contributed by atoms with Crippen molar-refractivity contribution in [1.82, 2.24) is 10.2 Å². The van der Waals surface area contributed by atoms with E-state index in [0.29, 0.717) is 11.6 Å². The summed E-state index contributed by atoms with van der Waals surface area (Å²) in [6.45, 7) is 1.28. The number of benzene rings is 2. The number of hydrogen-bond donors (Lipinski definition) is 1. The third kappa shape index (κ3) is 5.03. The fraction of sp³-hybridized carbons (Fsp3) is 0.294. The molecule has 5 nitrogen and oxygen atoms in total. The molecule has 1 unspecified atom stereocenters. The third-order valence-electron chi connectivity index (χ3n) is 3.53. The molecule has 0 amide bonds. The van der Waals surface area contributed by atoms with Gasteiger partial charge < -0.3 is 10.2 Å².